The van der Waals surface area contributed by atoms with E-state index in [9.17, 15) is 0 Å². The quantitative estimate of drug-likeness (QED) is 0.387. The maximum Gasteiger partial charge on any atom is 0.121 e. The van der Waals surface area contributed by atoms with E-state index in [1.165, 1.54) is 19.3 Å². The highest BCUT2D eigenvalue weighted by Crippen LogP contribution is 2.38. The molecule has 0 fully saturated rings. The molecule has 0 saturated heterocycles. The van der Waals surface area contributed by atoms with Gasteiger partial charge < -0.3 is 4.74 Å². The molecule has 1 nitrogen and oxygen atoms in total. The molecular weight excluding hydrogens is 267 g/mol. The van der Waals surface area contributed by atoms with Crippen molar-refractivity contribution in [1.29, 1.82) is 0 Å². The van der Waals surface area contributed by atoms with Crippen LogP contribution in [-0.2, 0) is 4.74 Å². The van der Waals surface area contributed by atoms with Gasteiger partial charge in [0.15, 0.2) is 0 Å². The molecule has 0 aromatic rings. The van der Waals surface area contributed by atoms with Crippen molar-refractivity contribution in [3.63, 3.8) is 0 Å². The van der Waals surface area contributed by atoms with E-state index in [1.807, 2.05) is 0 Å². The summed E-state index contributed by atoms with van der Waals surface area (Å²) in [5, 5.41) is 0. The fourth-order valence-corrected chi connectivity index (χ4v) is 3.30. The number of hydrogen-bond donors (Lipinski definition) is 0. The molecule has 0 atom stereocenters. The third-order valence-electron chi connectivity index (χ3n) is 2.66. The molecule has 0 aliphatic carbocycles. The molecular formula is C15H30Cl2O. The second-order valence-electron chi connectivity index (χ2n) is 6.82. The van der Waals surface area contributed by atoms with Gasteiger partial charge >= 0.3 is 0 Å². The highest BCUT2D eigenvalue weighted by molar-refractivity contribution is 6.48. The lowest BCUT2D eigenvalue weighted by atomic mass is 9.97. The lowest BCUT2D eigenvalue weighted by molar-refractivity contribution is -0.117. The zero-order valence-electron chi connectivity index (χ0n) is 12.9. The molecule has 0 N–H and O–H groups in total. The van der Waals surface area contributed by atoms with Crippen LogP contribution in [0.5, 0.6) is 0 Å². The Morgan fingerprint density at radius 1 is 0.889 bits per heavy atom. The van der Waals surface area contributed by atoms with E-state index >= 15 is 0 Å². The summed E-state index contributed by atoms with van der Waals surface area (Å²) in [7, 11) is 0. The number of rotatable bonds is 8. The molecule has 0 heterocycles. The maximum absolute atomic E-state index is 6.41. The monoisotopic (exact) mass is 296 g/mol. The molecule has 0 aromatic heterocycles. The van der Waals surface area contributed by atoms with Crippen molar-refractivity contribution >= 4 is 23.2 Å². The van der Waals surface area contributed by atoms with Crippen molar-refractivity contribution in [2.75, 3.05) is 0 Å². The molecule has 0 radical (unpaired) electrons. The molecule has 0 bridgehead atoms. The van der Waals surface area contributed by atoms with E-state index in [2.05, 4.69) is 41.5 Å². The first-order valence-corrected chi connectivity index (χ1v) is 7.81. The van der Waals surface area contributed by atoms with Crippen molar-refractivity contribution in [1.82, 2.24) is 0 Å². The highest BCUT2D eigenvalue weighted by atomic mass is 35.5. The molecule has 18 heavy (non-hydrogen) atoms. The maximum atomic E-state index is 6.41. The summed E-state index contributed by atoms with van der Waals surface area (Å²) < 4.78 is 5.34. The minimum absolute atomic E-state index is 0.171. The Kier molecular flexibility index (Phi) is 7.58. The van der Waals surface area contributed by atoms with Crippen LogP contribution >= 0.6 is 23.2 Å². The van der Waals surface area contributed by atoms with E-state index in [1.54, 1.807) is 0 Å². The van der Waals surface area contributed by atoms with Crippen LogP contribution in [0.1, 0.15) is 80.1 Å². The van der Waals surface area contributed by atoms with Gasteiger partial charge in [0.1, 0.15) is 4.33 Å². The predicted octanol–water partition coefficient (Wildman–Crippen LogP) is 6.11. The number of halogens is 2. The van der Waals surface area contributed by atoms with Gasteiger partial charge in [-0.05, 0) is 41.0 Å². The zero-order chi connectivity index (χ0) is 14.4. The summed E-state index contributed by atoms with van der Waals surface area (Å²) in [6.07, 6.45) is 6.28. The van der Waals surface area contributed by atoms with Gasteiger partial charge in [-0.2, -0.15) is 0 Å². The molecule has 0 aromatic carbocycles. The van der Waals surface area contributed by atoms with Gasteiger partial charge in [-0.15, -0.1) is 23.2 Å². The minimum atomic E-state index is -0.678. The second kappa shape index (κ2) is 7.36. The van der Waals surface area contributed by atoms with Crippen molar-refractivity contribution in [3.05, 3.63) is 0 Å². The summed E-state index contributed by atoms with van der Waals surface area (Å²) in [6.45, 7) is 12.5. The van der Waals surface area contributed by atoms with E-state index in [0.29, 0.717) is 6.42 Å². The van der Waals surface area contributed by atoms with Crippen LogP contribution in [0.4, 0.5) is 0 Å². The summed E-state index contributed by atoms with van der Waals surface area (Å²) in [5.41, 5.74) is -0.470. The fourth-order valence-electron chi connectivity index (χ4n) is 2.39. The standard InChI is InChI=1S/C15H30Cl2O/c1-7-8-9-10-11-15(16,17)12-14(5,6)18-13(2,3)4/h7-12H2,1-6H3. The molecule has 0 aliphatic rings. The summed E-state index contributed by atoms with van der Waals surface area (Å²) in [4.78, 5) is 0. The molecule has 0 unspecified atom stereocenters. The average Bonchev–Trinajstić information content (AvgIpc) is 2.06. The van der Waals surface area contributed by atoms with Gasteiger partial charge in [0.25, 0.3) is 0 Å². The third kappa shape index (κ3) is 10.5. The van der Waals surface area contributed by atoms with Crippen molar-refractivity contribution in [3.8, 4) is 0 Å². The van der Waals surface area contributed by atoms with Crippen molar-refractivity contribution < 1.29 is 4.74 Å². The molecule has 3 heteroatoms. The lowest BCUT2D eigenvalue weighted by Crippen LogP contribution is -2.39. The number of hydrogen-bond acceptors (Lipinski definition) is 1. The van der Waals surface area contributed by atoms with Crippen LogP contribution in [0, 0.1) is 0 Å². The fraction of sp³-hybridized carbons (Fsp3) is 1.00. The molecule has 110 valence electrons. The Morgan fingerprint density at radius 2 is 1.44 bits per heavy atom. The van der Waals surface area contributed by atoms with Crippen LogP contribution in [0.3, 0.4) is 0 Å². The smallest absolute Gasteiger partial charge is 0.121 e. The van der Waals surface area contributed by atoms with Gasteiger partial charge in [-0.3, -0.25) is 0 Å². The molecule has 0 amide bonds. The SMILES string of the molecule is CCCCCCC(Cl)(Cl)CC(C)(C)OC(C)(C)C. The topological polar surface area (TPSA) is 9.23 Å². The van der Waals surface area contributed by atoms with Gasteiger partial charge in [-0.25, -0.2) is 0 Å². The summed E-state index contributed by atoms with van der Waals surface area (Å²) in [5.74, 6) is 0. The largest absolute Gasteiger partial charge is 0.370 e. The second-order valence-corrected chi connectivity index (χ2v) is 8.46. The zero-order valence-corrected chi connectivity index (χ0v) is 14.4. The van der Waals surface area contributed by atoms with E-state index in [-0.39, 0.29) is 11.2 Å². The van der Waals surface area contributed by atoms with Gasteiger partial charge in [-0.1, -0.05) is 32.6 Å². The van der Waals surface area contributed by atoms with E-state index in [0.717, 1.165) is 12.8 Å². The van der Waals surface area contributed by atoms with Gasteiger partial charge in [0, 0.05) is 6.42 Å². The molecule has 0 aliphatic heterocycles. The summed E-state index contributed by atoms with van der Waals surface area (Å²) >= 11 is 12.8. The number of alkyl halides is 2. The van der Waals surface area contributed by atoms with Crippen LogP contribution in [0.15, 0.2) is 0 Å². The third-order valence-corrected chi connectivity index (χ3v) is 3.31. The Morgan fingerprint density at radius 3 is 1.89 bits per heavy atom. The number of ether oxygens (including phenoxy) is 1. The first-order chi connectivity index (χ1) is 7.97. The molecule has 0 spiro atoms. The van der Waals surface area contributed by atoms with Gasteiger partial charge in [0.2, 0.25) is 0 Å². The lowest BCUT2D eigenvalue weighted by Gasteiger charge is -2.37. The molecule has 0 rings (SSSR count). The van der Waals surface area contributed by atoms with Crippen LogP contribution in [-0.4, -0.2) is 15.5 Å². The Balaban J connectivity index is 4.20. The van der Waals surface area contributed by atoms with E-state index in [4.69, 9.17) is 27.9 Å². The Labute approximate surface area is 124 Å². The van der Waals surface area contributed by atoms with E-state index < -0.39 is 4.33 Å². The predicted molar refractivity (Wildman–Crippen MR) is 82.7 cm³/mol. The van der Waals surface area contributed by atoms with Crippen molar-refractivity contribution in [2.24, 2.45) is 0 Å². The normalized spacial score (nSPS) is 14.0. The average molecular weight is 297 g/mol. The van der Waals surface area contributed by atoms with Crippen LogP contribution < -0.4 is 0 Å². The summed E-state index contributed by atoms with van der Waals surface area (Å²) in [6, 6.07) is 0. The molecule has 0 saturated carbocycles. The van der Waals surface area contributed by atoms with Crippen LogP contribution in [0.2, 0.25) is 0 Å². The first-order valence-electron chi connectivity index (χ1n) is 7.05. The minimum Gasteiger partial charge on any atom is -0.370 e. The Hall–Kier alpha value is 0.540. The first kappa shape index (κ1) is 18.5. The van der Waals surface area contributed by atoms with Crippen molar-refractivity contribution in [2.45, 2.75) is 95.6 Å². The number of unbranched alkanes of at least 4 members (excludes halogenated alkanes) is 3. The van der Waals surface area contributed by atoms with Crippen LogP contribution in [0.25, 0.3) is 0 Å². The van der Waals surface area contributed by atoms with Gasteiger partial charge in [0.05, 0.1) is 11.2 Å². The highest BCUT2D eigenvalue weighted by Gasteiger charge is 2.35. The Bertz CT molecular complexity index is 229.